The molecule has 0 radical (unpaired) electrons. The number of carbonyl (C=O) groups excluding carboxylic acids is 1. The van der Waals surface area contributed by atoms with E-state index >= 15 is 0 Å². The van der Waals surface area contributed by atoms with E-state index in [1.807, 2.05) is 12.2 Å². The Hall–Kier alpha value is -1.35. The molecule has 3 aliphatic rings. The summed E-state index contributed by atoms with van der Waals surface area (Å²) in [5.41, 5.74) is 1.92. The van der Waals surface area contributed by atoms with Gasteiger partial charge in [-0.25, -0.2) is 4.79 Å². The largest absolute Gasteiger partial charge is 0.458 e. The maximum Gasteiger partial charge on any atom is 0.338 e. The van der Waals surface area contributed by atoms with E-state index in [1.165, 1.54) is 5.57 Å². The minimum Gasteiger partial charge on any atom is -0.458 e. The van der Waals surface area contributed by atoms with Gasteiger partial charge in [0.2, 0.25) is 0 Å². The molecule has 0 amide bonds. The number of hydrogen-bond acceptors (Lipinski definition) is 3. The van der Waals surface area contributed by atoms with Gasteiger partial charge >= 0.3 is 5.97 Å². The second kappa shape index (κ2) is 5.62. The Kier molecular flexibility index (Phi) is 4.04. The van der Waals surface area contributed by atoms with Crippen LogP contribution in [0.1, 0.15) is 46.5 Å². The highest BCUT2D eigenvalue weighted by Crippen LogP contribution is 2.61. The molecule has 2 fully saturated rings. The van der Waals surface area contributed by atoms with Crippen LogP contribution in [-0.4, -0.2) is 23.8 Å². The summed E-state index contributed by atoms with van der Waals surface area (Å²) in [6.07, 6.45) is 9.59. The number of carbonyl (C=O) groups is 1. The first kappa shape index (κ1) is 16.5. The highest BCUT2D eigenvalue weighted by molar-refractivity contribution is 5.93. The summed E-state index contributed by atoms with van der Waals surface area (Å²) in [6, 6.07) is 0. The van der Waals surface area contributed by atoms with Crippen molar-refractivity contribution < 1.29 is 14.6 Å². The summed E-state index contributed by atoms with van der Waals surface area (Å²) >= 11 is 0. The molecule has 0 aromatic rings. The fraction of sp³-hybridized carbons (Fsp3) is 0.650. The van der Waals surface area contributed by atoms with Crippen LogP contribution >= 0.6 is 0 Å². The molecule has 3 heteroatoms. The molecule has 0 saturated heterocycles. The SMILES string of the molecule is C=C1CC[C@H]2C(C)(C)[C@@H](O)CC[C@]2(C)[C@H]1/C=C/C1=CCOC1=O. The number of aliphatic hydroxyl groups excluding tert-OH is 1. The predicted molar refractivity (Wildman–Crippen MR) is 90.7 cm³/mol. The third-order valence-electron chi connectivity index (χ3n) is 6.64. The van der Waals surface area contributed by atoms with Crippen LogP contribution in [0.4, 0.5) is 0 Å². The molecular formula is C20H28O3. The molecule has 2 saturated carbocycles. The first-order valence-electron chi connectivity index (χ1n) is 8.68. The maximum atomic E-state index is 11.6. The van der Waals surface area contributed by atoms with Gasteiger partial charge in [0.15, 0.2) is 0 Å². The Morgan fingerprint density at radius 2 is 2.09 bits per heavy atom. The van der Waals surface area contributed by atoms with Crippen molar-refractivity contribution in [2.45, 2.75) is 52.6 Å². The number of hydrogen-bond donors (Lipinski definition) is 1. The average Bonchev–Trinajstić information content (AvgIpc) is 2.88. The van der Waals surface area contributed by atoms with Crippen LogP contribution in [0.2, 0.25) is 0 Å². The molecule has 126 valence electrons. The number of ether oxygens (including phenoxy) is 1. The molecule has 1 aliphatic heterocycles. The van der Waals surface area contributed by atoms with E-state index < -0.39 is 0 Å². The summed E-state index contributed by atoms with van der Waals surface area (Å²) in [5.74, 6) is 0.481. The Morgan fingerprint density at radius 1 is 1.35 bits per heavy atom. The Labute approximate surface area is 139 Å². The normalized spacial score (nSPS) is 40.0. The number of esters is 1. The zero-order valence-corrected chi connectivity index (χ0v) is 14.5. The molecule has 4 atom stereocenters. The molecule has 0 spiro atoms. The van der Waals surface area contributed by atoms with Crippen LogP contribution < -0.4 is 0 Å². The third kappa shape index (κ3) is 2.59. The van der Waals surface area contributed by atoms with Gasteiger partial charge in [-0.2, -0.15) is 0 Å². The fourth-order valence-corrected chi connectivity index (χ4v) is 5.17. The number of fused-ring (bicyclic) bond motifs is 1. The molecule has 1 heterocycles. The Bertz CT molecular complexity index is 584. The zero-order valence-electron chi connectivity index (χ0n) is 14.5. The maximum absolute atomic E-state index is 11.6. The lowest BCUT2D eigenvalue weighted by Gasteiger charge is -2.59. The number of aliphatic hydroxyl groups is 1. The lowest BCUT2D eigenvalue weighted by molar-refractivity contribution is -0.135. The van der Waals surface area contributed by atoms with E-state index in [0.717, 1.165) is 25.7 Å². The monoisotopic (exact) mass is 316 g/mol. The highest BCUT2D eigenvalue weighted by atomic mass is 16.5. The van der Waals surface area contributed by atoms with Gasteiger partial charge in [0, 0.05) is 5.92 Å². The van der Waals surface area contributed by atoms with Crippen LogP contribution in [0.5, 0.6) is 0 Å². The molecule has 0 unspecified atom stereocenters. The fourth-order valence-electron chi connectivity index (χ4n) is 5.17. The van der Waals surface area contributed by atoms with Gasteiger partial charge in [-0.1, -0.05) is 45.1 Å². The molecular weight excluding hydrogens is 288 g/mol. The first-order chi connectivity index (χ1) is 10.8. The minimum atomic E-state index is -0.233. The molecule has 0 bridgehead atoms. The minimum absolute atomic E-state index is 0.0780. The molecule has 23 heavy (non-hydrogen) atoms. The van der Waals surface area contributed by atoms with Crippen LogP contribution in [0.25, 0.3) is 0 Å². The topological polar surface area (TPSA) is 46.5 Å². The van der Waals surface area contributed by atoms with E-state index in [2.05, 4.69) is 33.4 Å². The first-order valence-corrected chi connectivity index (χ1v) is 8.68. The van der Waals surface area contributed by atoms with E-state index in [0.29, 0.717) is 18.1 Å². The van der Waals surface area contributed by atoms with Crippen molar-refractivity contribution in [3.8, 4) is 0 Å². The van der Waals surface area contributed by atoms with Gasteiger partial charge in [-0.3, -0.25) is 0 Å². The summed E-state index contributed by atoms with van der Waals surface area (Å²) < 4.78 is 4.97. The Morgan fingerprint density at radius 3 is 2.74 bits per heavy atom. The smallest absolute Gasteiger partial charge is 0.338 e. The van der Waals surface area contributed by atoms with Gasteiger partial charge in [-0.15, -0.1) is 0 Å². The molecule has 3 rings (SSSR count). The van der Waals surface area contributed by atoms with E-state index in [9.17, 15) is 9.90 Å². The van der Waals surface area contributed by atoms with Crippen molar-refractivity contribution in [2.75, 3.05) is 6.61 Å². The summed E-state index contributed by atoms with van der Waals surface area (Å²) in [6.45, 7) is 11.4. The van der Waals surface area contributed by atoms with Crippen molar-refractivity contribution in [2.24, 2.45) is 22.7 Å². The van der Waals surface area contributed by atoms with Crippen molar-refractivity contribution in [1.82, 2.24) is 0 Å². The van der Waals surface area contributed by atoms with Gasteiger partial charge in [0.1, 0.15) is 6.61 Å². The molecule has 1 N–H and O–H groups in total. The van der Waals surface area contributed by atoms with E-state index in [-0.39, 0.29) is 28.8 Å². The van der Waals surface area contributed by atoms with E-state index in [4.69, 9.17) is 4.74 Å². The summed E-state index contributed by atoms with van der Waals surface area (Å²) in [5, 5.41) is 10.5. The second-order valence-electron chi connectivity index (χ2n) is 8.23. The van der Waals surface area contributed by atoms with Gasteiger partial charge in [-0.05, 0) is 48.5 Å². The summed E-state index contributed by atoms with van der Waals surface area (Å²) in [4.78, 5) is 11.6. The highest BCUT2D eigenvalue weighted by Gasteiger charge is 2.55. The predicted octanol–water partition coefficient (Wildman–Crippen LogP) is 3.80. The van der Waals surface area contributed by atoms with Crippen molar-refractivity contribution >= 4 is 5.97 Å². The zero-order chi connectivity index (χ0) is 16.8. The van der Waals surface area contributed by atoms with Crippen LogP contribution in [0.15, 0.2) is 36.0 Å². The van der Waals surface area contributed by atoms with Crippen molar-refractivity contribution in [3.05, 3.63) is 36.0 Å². The number of cyclic esters (lactones) is 1. The van der Waals surface area contributed by atoms with Gasteiger partial charge in [0.25, 0.3) is 0 Å². The van der Waals surface area contributed by atoms with Crippen LogP contribution in [0, 0.1) is 22.7 Å². The van der Waals surface area contributed by atoms with E-state index in [1.54, 1.807) is 0 Å². The Balaban J connectivity index is 1.91. The van der Waals surface area contributed by atoms with Crippen molar-refractivity contribution in [1.29, 1.82) is 0 Å². The van der Waals surface area contributed by atoms with Crippen LogP contribution in [0.3, 0.4) is 0 Å². The second-order valence-corrected chi connectivity index (χ2v) is 8.23. The third-order valence-corrected chi connectivity index (χ3v) is 6.64. The molecule has 2 aliphatic carbocycles. The number of rotatable bonds is 2. The van der Waals surface area contributed by atoms with Crippen molar-refractivity contribution in [3.63, 3.8) is 0 Å². The van der Waals surface area contributed by atoms with Crippen LogP contribution in [-0.2, 0) is 9.53 Å². The summed E-state index contributed by atoms with van der Waals surface area (Å²) in [7, 11) is 0. The molecule has 0 aromatic carbocycles. The van der Waals surface area contributed by atoms with Gasteiger partial charge < -0.3 is 9.84 Å². The average molecular weight is 316 g/mol. The van der Waals surface area contributed by atoms with Gasteiger partial charge in [0.05, 0.1) is 11.7 Å². The quantitative estimate of drug-likeness (QED) is 0.623. The lowest BCUT2D eigenvalue weighted by Crippen LogP contribution is -2.54. The lowest BCUT2D eigenvalue weighted by atomic mass is 9.47. The number of allylic oxidation sites excluding steroid dienone is 2. The molecule has 0 aromatic heterocycles. The standard InChI is InChI=1S/C20H28O3/c1-13-5-8-16-19(2,3)17(21)9-11-20(16,4)15(13)7-6-14-10-12-23-18(14)22/h6-7,10,15-17,21H,1,5,8-9,11-12H2,2-4H3/b7-6+/t15-,16-,17-,20+/m0/s1. The molecule has 3 nitrogen and oxygen atoms in total.